The molecule has 1 unspecified atom stereocenters. The average molecular weight is 297 g/mol. The number of carboxylic acids is 1. The molecule has 1 saturated heterocycles. The first-order valence-electron chi connectivity index (χ1n) is 8.07. The highest BCUT2D eigenvalue weighted by Gasteiger charge is 2.27. The highest BCUT2D eigenvalue weighted by molar-refractivity contribution is 5.75. The monoisotopic (exact) mass is 297 g/mol. The van der Waals surface area contributed by atoms with Crippen LogP contribution < -0.4 is 5.32 Å². The van der Waals surface area contributed by atoms with Crippen LogP contribution in [0.5, 0.6) is 0 Å². The summed E-state index contributed by atoms with van der Waals surface area (Å²) in [4.78, 5) is 26.8. The molecule has 0 aromatic carbocycles. The number of nitrogens with zero attached hydrogens (tertiary/aromatic N) is 2. The fourth-order valence-electron chi connectivity index (χ4n) is 3.20. The third kappa shape index (κ3) is 4.59. The number of hydrogen-bond acceptors (Lipinski definition) is 3. The molecule has 0 aromatic heterocycles. The predicted molar refractivity (Wildman–Crippen MR) is 80.2 cm³/mol. The highest BCUT2D eigenvalue weighted by atomic mass is 16.4. The minimum Gasteiger partial charge on any atom is -0.480 e. The first-order valence-corrected chi connectivity index (χ1v) is 8.07. The standard InChI is InChI=1S/C15H27N3O3/c1-12(14(19)20)17-7-9-18(10-8-17)15(21)16-11-13-5-3-2-4-6-13/h12-13H,2-11H2,1H3,(H,16,21)(H,19,20). The molecule has 1 heterocycles. The molecule has 1 aliphatic carbocycles. The van der Waals surface area contributed by atoms with Gasteiger partial charge in [0.1, 0.15) is 6.04 Å². The number of aliphatic carboxylic acids is 1. The van der Waals surface area contributed by atoms with Gasteiger partial charge in [-0.1, -0.05) is 19.3 Å². The maximum atomic E-state index is 12.1. The number of carbonyl (C=O) groups excluding carboxylic acids is 1. The Labute approximate surface area is 126 Å². The molecule has 2 amide bonds. The van der Waals surface area contributed by atoms with Gasteiger partial charge in [0.15, 0.2) is 0 Å². The van der Waals surface area contributed by atoms with E-state index in [4.69, 9.17) is 5.11 Å². The summed E-state index contributed by atoms with van der Waals surface area (Å²) in [6.07, 6.45) is 6.35. The summed E-state index contributed by atoms with van der Waals surface area (Å²) in [7, 11) is 0. The molecule has 2 aliphatic rings. The van der Waals surface area contributed by atoms with Gasteiger partial charge in [0.2, 0.25) is 0 Å². The van der Waals surface area contributed by atoms with E-state index in [2.05, 4.69) is 5.32 Å². The topological polar surface area (TPSA) is 72.9 Å². The molecule has 21 heavy (non-hydrogen) atoms. The van der Waals surface area contributed by atoms with E-state index in [9.17, 15) is 9.59 Å². The number of piperazine rings is 1. The Morgan fingerprint density at radius 3 is 2.33 bits per heavy atom. The van der Waals surface area contributed by atoms with E-state index in [0.717, 1.165) is 6.54 Å². The molecule has 0 radical (unpaired) electrons. The molecule has 0 bridgehead atoms. The lowest BCUT2D eigenvalue weighted by Gasteiger charge is -2.36. The molecule has 6 nitrogen and oxygen atoms in total. The van der Waals surface area contributed by atoms with Crippen LogP contribution >= 0.6 is 0 Å². The maximum absolute atomic E-state index is 12.1. The highest BCUT2D eigenvalue weighted by Crippen LogP contribution is 2.22. The molecular formula is C15H27N3O3. The fourth-order valence-corrected chi connectivity index (χ4v) is 3.20. The van der Waals surface area contributed by atoms with Crippen LogP contribution in [0.3, 0.4) is 0 Å². The van der Waals surface area contributed by atoms with Gasteiger partial charge in [0.25, 0.3) is 0 Å². The molecule has 120 valence electrons. The molecule has 1 saturated carbocycles. The zero-order valence-electron chi connectivity index (χ0n) is 12.9. The Hall–Kier alpha value is -1.30. The van der Waals surface area contributed by atoms with Crippen LogP contribution in [0.15, 0.2) is 0 Å². The van der Waals surface area contributed by atoms with E-state index in [-0.39, 0.29) is 6.03 Å². The second kappa shape index (κ2) is 7.64. The molecule has 2 fully saturated rings. The van der Waals surface area contributed by atoms with Crippen LogP contribution in [0.2, 0.25) is 0 Å². The zero-order chi connectivity index (χ0) is 15.2. The van der Waals surface area contributed by atoms with Crippen LogP contribution in [-0.4, -0.2) is 65.7 Å². The third-order valence-electron chi connectivity index (χ3n) is 4.77. The minimum absolute atomic E-state index is 0.00296. The fraction of sp³-hybridized carbons (Fsp3) is 0.867. The van der Waals surface area contributed by atoms with Crippen LogP contribution in [0.4, 0.5) is 4.79 Å². The number of rotatable bonds is 4. The molecule has 0 aromatic rings. The predicted octanol–water partition coefficient (Wildman–Crippen LogP) is 1.37. The van der Waals surface area contributed by atoms with Crippen LogP contribution in [-0.2, 0) is 4.79 Å². The number of amides is 2. The average Bonchev–Trinajstić information content (AvgIpc) is 2.53. The smallest absolute Gasteiger partial charge is 0.320 e. The molecule has 6 heteroatoms. The Bertz CT molecular complexity index is 361. The Morgan fingerprint density at radius 2 is 1.76 bits per heavy atom. The van der Waals surface area contributed by atoms with Gasteiger partial charge in [-0.2, -0.15) is 0 Å². The Morgan fingerprint density at radius 1 is 1.14 bits per heavy atom. The van der Waals surface area contributed by atoms with E-state index in [0.29, 0.717) is 32.1 Å². The van der Waals surface area contributed by atoms with E-state index >= 15 is 0 Å². The second-order valence-electron chi connectivity index (χ2n) is 6.23. The summed E-state index contributed by atoms with van der Waals surface area (Å²) >= 11 is 0. The van der Waals surface area contributed by atoms with Crippen LogP contribution in [0.25, 0.3) is 0 Å². The normalized spacial score (nSPS) is 22.8. The summed E-state index contributed by atoms with van der Waals surface area (Å²) < 4.78 is 0. The van der Waals surface area contributed by atoms with Crippen molar-refractivity contribution in [1.82, 2.24) is 15.1 Å². The molecule has 0 spiro atoms. The van der Waals surface area contributed by atoms with Crippen molar-refractivity contribution < 1.29 is 14.7 Å². The lowest BCUT2D eigenvalue weighted by molar-refractivity contribution is -0.143. The zero-order valence-corrected chi connectivity index (χ0v) is 12.9. The summed E-state index contributed by atoms with van der Waals surface area (Å²) in [6.45, 7) is 4.95. The van der Waals surface area contributed by atoms with Gasteiger partial charge in [0.05, 0.1) is 0 Å². The van der Waals surface area contributed by atoms with Gasteiger partial charge >= 0.3 is 12.0 Å². The number of urea groups is 1. The Balaban J connectivity index is 1.69. The molecule has 1 aliphatic heterocycles. The van der Waals surface area contributed by atoms with Gasteiger partial charge in [0, 0.05) is 32.7 Å². The lowest BCUT2D eigenvalue weighted by atomic mass is 9.89. The van der Waals surface area contributed by atoms with Crippen molar-refractivity contribution in [3.8, 4) is 0 Å². The van der Waals surface area contributed by atoms with Gasteiger partial charge in [-0.15, -0.1) is 0 Å². The first kappa shape index (κ1) is 16.1. The van der Waals surface area contributed by atoms with Gasteiger partial charge in [-0.05, 0) is 25.7 Å². The summed E-state index contributed by atoms with van der Waals surface area (Å²) in [5.74, 6) is -0.166. The molecule has 1 atom stereocenters. The van der Waals surface area contributed by atoms with Crippen molar-refractivity contribution in [3.05, 3.63) is 0 Å². The number of carboxylic acid groups (broad SMARTS) is 1. The number of carbonyl (C=O) groups is 2. The summed E-state index contributed by atoms with van der Waals surface area (Å²) in [5.41, 5.74) is 0. The van der Waals surface area contributed by atoms with Crippen molar-refractivity contribution in [2.45, 2.75) is 45.1 Å². The van der Waals surface area contributed by atoms with Crippen molar-refractivity contribution >= 4 is 12.0 Å². The summed E-state index contributed by atoms with van der Waals surface area (Å²) in [6, 6.07) is -0.472. The molecule has 2 rings (SSSR count). The van der Waals surface area contributed by atoms with Crippen molar-refractivity contribution in [1.29, 1.82) is 0 Å². The lowest BCUT2D eigenvalue weighted by Crippen LogP contribution is -2.55. The third-order valence-corrected chi connectivity index (χ3v) is 4.77. The van der Waals surface area contributed by atoms with Gasteiger partial charge in [-0.3, -0.25) is 9.69 Å². The number of nitrogens with one attached hydrogen (secondary N) is 1. The van der Waals surface area contributed by atoms with E-state index in [1.165, 1.54) is 32.1 Å². The van der Waals surface area contributed by atoms with Crippen LogP contribution in [0.1, 0.15) is 39.0 Å². The van der Waals surface area contributed by atoms with Crippen LogP contribution in [0, 0.1) is 5.92 Å². The first-order chi connectivity index (χ1) is 10.1. The SMILES string of the molecule is CC(C(=O)O)N1CCN(C(=O)NCC2CCCCC2)CC1. The molecule has 2 N–H and O–H groups in total. The van der Waals surface area contributed by atoms with Gasteiger partial charge in [-0.25, -0.2) is 4.79 Å². The van der Waals surface area contributed by atoms with Crippen molar-refractivity contribution in [2.75, 3.05) is 32.7 Å². The van der Waals surface area contributed by atoms with Gasteiger partial charge < -0.3 is 15.3 Å². The maximum Gasteiger partial charge on any atom is 0.320 e. The Kier molecular flexibility index (Phi) is 5.85. The molecular weight excluding hydrogens is 270 g/mol. The minimum atomic E-state index is -0.801. The number of hydrogen-bond donors (Lipinski definition) is 2. The van der Waals surface area contributed by atoms with E-state index < -0.39 is 12.0 Å². The van der Waals surface area contributed by atoms with Crippen molar-refractivity contribution in [3.63, 3.8) is 0 Å². The summed E-state index contributed by atoms with van der Waals surface area (Å²) in [5, 5.41) is 12.0. The second-order valence-corrected chi connectivity index (χ2v) is 6.23. The quantitative estimate of drug-likeness (QED) is 0.822. The van der Waals surface area contributed by atoms with E-state index in [1.807, 2.05) is 4.90 Å². The largest absolute Gasteiger partial charge is 0.480 e. The van der Waals surface area contributed by atoms with E-state index in [1.54, 1.807) is 11.8 Å². The van der Waals surface area contributed by atoms with Crippen molar-refractivity contribution in [2.24, 2.45) is 5.92 Å².